The van der Waals surface area contributed by atoms with Crippen LogP contribution in [0.4, 0.5) is 10.1 Å². The number of aromatic nitrogens is 1. The first-order chi connectivity index (χ1) is 14.6. The lowest BCUT2D eigenvalue weighted by molar-refractivity contribution is 0.102. The number of ether oxygens (including phenoxy) is 1. The van der Waals surface area contributed by atoms with Crippen LogP contribution in [0.2, 0.25) is 0 Å². The molecule has 1 amide bonds. The minimum Gasteiger partial charge on any atom is -0.497 e. The lowest BCUT2D eigenvalue weighted by Gasteiger charge is -2.14. The van der Waals surface area contributed by atoms with Gasteiger partial charge in [0.1, 0.15) is 23.1 Å². The molecule has 0 radical (unpaired) electrons. The van der Waals surface area contributed by atoms with Crippen molar-refractivity contribution >= 4 is 34.5 Å². The molecule has 0 aliphatic carbocycles. The summed E-state index contributed by atoms with van der Waals surface area (Å²) in [4.78, 5) is 20.7. The van der Waals surface area contributed by atoms with Crippen LogP contribution >= 0.6 is 11.3 Å². The van der Waals surface area contributed by atoms with Gasteiger partial charge >= 0.3 is 0 Å². The summed E-state index contributed by atoms with van der Waals surface area (Å²) in [6.07, 6.45) is 2.61. The Labute approximate surface area is 177 Å². The number of amidine groups is 1. The van der Waals surface area contributed by atoms with E-state index in [1.165, 1.54) is 17.4 Å². The van der Waals surface area contributed by atoms with Gasteiger partial charge in [0, 0.05) is 34.4 Å². The summed E-state index contributed by atoms with van der Waals surface area (Å²) in [6, 6.07) is 11.9. The van der Waals surface area contributed by atoms with Gasteiger partial charge in [-0.25, -0.2) is 9.37 Å². The molecular formula is C22H19FN4O2S. The first-order valence-electron chi connectivity index (χ1n) is 9.29. The quantitative estimate of drug-likeness (QED) is 0.642. The van der Waals surface area contributed by atoms with E-state index in [-0.39, 0.29) is 11.7 Å². The van der Waals surface area contributed by atoms with E-state index in [0.717, 1.165) is 5.56 Å². The largest absolute Gasteiger partial charge is 0.497 e. The number of nitrogens with zero attached hydrogens (tertiary/aromatic N) is 2. The van der Waals surface area contributed by atoms with Crippen molar-refractivity contribution in [3.8, 4) is 5.75 Å². The van der Waals surface area contributed by atoms with Crippen molar-refractivity contribution in [1.82, 2.24) is 10.3 Å². The molecule has 0 spiro atoms. The lowest BCUT2D eigenvalue weighted by atomic mass is 10.1. The van der Waals surface area contributed by atoms with Crippen LogP contribution in [-0.2, 0) is 0 Å². The third-order valence-electron chi connectivity index (χ3n) is 4.55. The van der Waals surface area contributed by atoms with Crippen molar-refractivity contribution in [2.75, 3.05) is 19.0 Å². The molecule has 0 atom stereocenters. The van der Waals surface area contributed by atoms with Gasteiger partial charge in [-0.15, -0.1) is 11.3 Å². The number of amides is 1. The van der Waals surface area contributed by atoms with Crippen molar-refractivity contribution in [1.29, 1.82) is 0 Å². The molecule has 8 heteroatoms. The Kier molecular flexibility index (Phi) is 5.85. The number of rotatable bonds is 5. The SMILES string of the molecule is COc1ccc(F)c(C2=CCCN=C(c3ccc(NC(=O)c4cscn4)cc3)N2)c1. The molecule has 30 heavy (non-hydrogen) atoms. The molecule has 4 rings (SSSR count). The van der Waals surface area contributed by atoms with E-state index in [0.29, 0.717) is 47.2 Å². The predicted octanol–water partition coefficient (Wildman–Crippen LogP) is 4.32. The maximum absolute atomic E-state index is 14.4. The number of benzene rings is 2. The van der Waals surface area contributed by atoms with Gasteiger partial charge in [-0.1, -0.05) is 6.08 Å². The standard InChI is InChI=1S/C22H19FN4O2S/c1-29-16-8-9-18(23)17(11-16)19-3-2-10-24-21(27-19)14-4-6-15(7-5-14)26-22(28)20-12-30-13-25-20/h3-9,11-13H,2,10H2,1H3,(H,24,27)(H,26,28). The summed E-state index contributed by atoms with van der Waals surface area (Å²) in [5.74, 6) is 0.624. The van der Waals surface area contributed by atoms with Crippen molar-refractivity contribution in [3.05, 3.63) is 82.1 Å². The summed E-state index contributed by atoms with van der Waals surface area (Å²) < 4.78 is 19.6. The van der Waals surface area contributed by atoms with Crippen molar-refractivity contribution in [2.45, 2.75) is 6.42 Å². The third kappa shape index (κ3) is 4.38. The highest BCUT2D eigenvalue weighted by Gasteiger charge is 2.15. The smallest absolute Gasteiger partial charge is 0.275 e. The number of halogens is 1. The summed E-state index contributed by atoms with van der Waals surface area (Å²) in [7, 11) is 1.55. The molecule has 0 unspecified atom stereocenters. The molecule has 2 N–H and O–H groups in total. The topological polar surface area (TPSA) is 75.6 Å². The number of carbonyl (C=O) groups is 1. The molecule has 0 bridgehead atoms. The van der Waals surface area contributed by atoms with Gasteiger partial charge in [0.25, 0.3) is 5.91 Å². The zero-order chi connectivity index (χ0) is 20.9. The van der Waals surface area contributed by atoms with Gasteiger partial charge in [-0.3, -0.25) is 9.79 Å². The molecule has 2 aromatic carbocycles. The fourth-order valence-corrected chi connectivity index (χ4v) is 3.55. The Morgan fingerprint density at radius 1 is 1.23 bits per heavy atom. The third-order valence-corrected chi connectivity index (χ3v) is 5.13. The zero-order valence-electron chi connectivity index (χ0n) is 16.2. The van der Waals surface area contributed by atoms with Crippen LogP contribution in [0.25, 0.3) is 5.70 Å². The molecule has 6 nitrogen and oxygen atoms in total. The number of thiazole rings is 1. The first kappa shape index (κ1) is 19.8. The van der Waals surface area contributed by atoms with Gasteiger partial charge in [0.05, 0.1) is 12.6 Å². The molecule has 0 saturated carbocycles. The summed E-state index contributed by atoms with van der Waals surface area (Å²) in [5, 5.41) is 7.75. The Morgan fingerprint density at radius 2 is 2.07 bits per heavy atom. The predicted molar refractivity (Wildman–Crippen MR) is 117 cm³/mol. The monoisotopic (exact) mass is 422 g/mol. The second-order valence-electron chi connectivity index (χ2n) is 6.51. The molecule has 2 heterocycles. The van der Waals surface area contributed by atoms with Crippen LogP contribution in [0, 0.1) is 5.82 Å². The average Bonchev–Trinajstić information content (AvgIpc) is 3.20. The van der Waals surface area contributed by atoms with Gasteiger partial charge in [-0.2, -0.15) is 0 Å². The molecule has 152 valence electrons. The molecule has 1 aliphatic heterocycles. The van der Waals surface area contributed by atoms with E-state index >= 15 is 0 Å². The minimum atomic E-state index is -0.337. The highest BCUT2D eigenvalue weighted by molar-refractivity contribution is 7.07. The van der Waals surface area contributed by atoms with E-state index in [4.69, 9.17) is 4.74 Å². The average molecular weight is 422 g/mol. The number of nitrogens with one attached hydrogen (secondary N) is 2. The maximum atomic E-state index is 14.4. The second-order valence-corrected chi connectivity index (χ2v) is 7.23. The molecule has 0 saturated heterocycles. The van der Waals surface area contributed by atoms with Crippen molar-refractivity contribution in [2.24, 2.45) is 4.99 Å². The normalized spacial score (nSPS) is 13.5. The van der Waals surface area contributed by atoms with Gasteiger partial charge in [0.15, 0.2) is 0 Å². The molecule has 1 aromatic heterocycles. The molecule has 1 aliphatic rings. The number of anilines is 1. The van der Waals surface area contributed by atoms with E-state index in [2.05, 4.69) is 20.6 Å². The van der Waals surface area contributed by atoms with E-state index in [9.17, 15) is 9.18 Å². The summed E-state index contributed by atoms with van der Waals surface area (Å²) in [6.45, 7) is 0.583. The van der Waals surface area contributed by atoms with Crippen LogP contribution in [0.15, 0.2) is 64.4 Å². The van der Waals surface area contributed by atoms with Crippen LogP contribution < -0.4 is 15.4 Å². The van der Waals surface area contributed by atoms with Crippen molar-refractivity contribution in [3.63, 3.8) is 0 Å². The molecular weight excluding hydrogens is 403 g/mol. The number of hydrogen-bond acceptors (Lipinski definition) is 6. The highest BCUT2D eigenvalue weighted by atomic mass is 32.1. The highest BCUT2D eigenvalue weighted by Crippen LogP contribution is 2.24. The Balaban J connectivity index is 1.52. The molecule has 3 aromatic rings. The van der Waals surface area contributed by atoms with Gasteiger partial charge < -0.3 is 15.4 Å². The number of aliphatic imine (C=N–C) groups is 1. The van der Waals surface area contributed by atoms with Gasteiger partial charge in [-0.05, 0) is 48.9 Å². The lowest BCUT2D eigenvalue weighted by Crippen LogP contribution is -2.23. The first-order valence-corrected chi connectivity index (χ1v) is 10.2. The van der Waals surface area contributed by atoms with E-state index < -0.39 is 0 Å². The van der Waals surface area contributed by atoms with Crippen LogP contribution in [0.1, 0.15) is 28.0 Å². The fraction of sp³-hybridized carbons (Fsp3) is 0.136. The summed E-state index contributed by atoms with van der Waals surface area (Å²) >= 11 is 1.37. The minimum absolute atomic E-state index is 0.257. The number of hydrogen-bond donors (Lipinski definition) is 2. The van der Waals surface area contributed by atoms with Gasteiger partial charge in [0.2, 0.25) is 0 Å². The maximum Gasteiger partial charge on any atom is 0.275 e. The zero-order valence-corrected chi connectivity index (χ0v) is 17.0. The molecule has 0 fully saturated rings. The van der Waals surface area contributed by atoms with Crippen LogP contribution in [-0.4, -0.2) is 30.4 Å². The number of methoxy groups -OCH3 is 1. The van der Waals surface area contributed by atoms with E-state index in [1.807, 2.05) is 18.2 Å². The summed E-state index contributed by atoms with van der Waals surface area (Å²) in [5.41, 5.74) is 4.55. The number of carbonyl (C=O) groups excluding carboxylic acids is 1. The van der Waals surface area contributed by atoms with Crippen LogP contribution in [0.5, 0.6) is 5.75 Å². The second kappa shape index (κ2) is 8.87. The van der Waals surface area contributed by atoms with Crippen LogP contribution in [0.3, 0.4) is 0 Å². The Bertz CT molecular complexity index is 1110. The van der Waals surface area contributed by atoms with Crippen molar-refractivity contribution < 1.29 is 13.9 Å². The fourth-order valence-electron chi connectivity index (χ4n) is 3.01. The Morgan fingerprint density at radius 3 is 2.80 bits per heavy atom. The van der Waals surface area contributed by atoms with E-state index in [1.54, 1.807) is 42.3 Å². The Hall–Kier alpha value is -3.52.